The number of rotatable bonds is 9. The molecule has 0 aliphatic carbocycles. The molecule has 0 amide bonds. The van der Waals surface area contributed by atoms with Crippen LogP contribution in [-0.4, -0.2) is 11.8 Å². The van der Waals surface area contributed by atoms with Gasteiger partial charge < -0.3 is 4.74 Å². The normalized spacial score (nSPS) is 9.59. The van der Waals surface area contributed by atoms with Crippen LogP contribution in [0.1, 0.15) is 72.1 Å². The van der Waals surface area contributed by atoms with Crippen molar-refractivity contribution in [3.05, 3.63) is 30.3 Å². The third-order valence-corrected chi connectivity index (χ3v) is 3.13. The third kappa shape index (κ3) is 12.1. The minimum atomic E-state index is -0.163. The largest absolute Gasteiger partial charge is 0.427 e. The van der Waals surface area contributed by atoms with Crippen LogP contribution in [-0.2, 0) is 9.59 Å². The van der Waals surface area contributed by atoms with Crippen molar-refractivity contribution in [2.24, 2.45) is 0 Å². The van der Waals surface area contributed by atoms with Gasteiger partial charge in [0.05, 0.1) is 0 Å². The number of hydrogen-bond acceptors (Lipinski definition) is 3. The van der Waals surface area contributed by atoms with E-state index in [0.29, 0.717) is 24.4 Å². The maximum Gasteiger partial charge on any atom is 0.311 e. The van der Waals surface area contributed by atoms with Crippen molar-refractivity contribution in [2.45, 2.75) is 72.1 Å². The second-order valence-corrected chi connectivity index (χ2v) is 5.24. The van der Waals surface area contributed by atoms with Crippen LogP contribution in [0.5, 0.6) is 5.75 Å². The molecule has 0 bridgehead atoms. The van der Waals surface area contributed by atoms with Crippen LogP contribution in [0.3, 0.4) is 0 Å². The first-order valence-corrected chi connectivity index (χ1v) is 8.41. The van der Waals surface area contributed by atoms with Gasteiger partial charge in [0.15, 0.2) is 0 Å². The fraction of sp³-hybridized carbons (Fsp3) is 0.579. The number of hydrogen-bond donors (Lipinski definition) is 0. The van der Waals surface area contributed by atoms with Gasteiger partial charge in [-0.05, 0) is 25.0 Å². The maximum atomic E-state index is 11.0. The van der Waals surface area contributed by atoms with Gasteiger partial charge in [-0.1, -0.05) is 58.2 Å². The molecule has 0 saturated heterocycles. The second-order valence-electron chi connectivity index (χ2n) is 5.24. The summed E-state index contributed by atoms with van der Waals surface area (Å²) in [5.74, 6) is 0.871. The van der Waals surface area contributed by atoms with Gasteiger partial charge in [0.1, 0.15) is 11.5 Å². The molecule has 0 fully saturated rings. The lowest BCUT2D eigenvalue weighted by Gasteiger charge is -2.01. The highest BCUT2D eigenvalue weighted by Crippen LogP contribution is 2.09. The predicted octanol–water partition coefficient (Wildman–Crippen LogP) is 5.33. The van der Waals surface area contributed by atoms with E-state index < -0.39 is 0 Å². The Morgan fingerprint density at radius 1 is 0.864 bits per heavy atom. The molecule has 3 heteroatoms. The average Bonchev–Trinajstić information content (AvgIpc) is 2.53. The molecule has 0 radical (unpaired) electrons. The van der Waals surface area contributed by atoms with Gasteiger partial charge in [0, 0.05) is 19.3 Å². The summed E-state index contributed by atoms with van der Waals surface area (Å²) < 4.78 is 5.02. The lowest BCUT2D eigenvalue weighted by molar-refractivity contribution is -0.134. The Kier molecular flexibility index (Phi) is 13.2. The summed E-state index contributed by atoms with van der Waals surface area (Å²) in [6, 6.07) is 9.11. The molecular weight excluding hydrogens is 276 g/mol. The number of para-hydroxylation sites is 1. The predicted molar refractivity (Wildman–Crippen MR) is 91.0 cm³/mol. The van der Waals surface area contributed by atoms with Crippen molar-refractivity contribution < 1.29 is 14.3 Å². The second kappa shape index (κ2) is 14.3. The number of esters is 1. The molecule has 0 heterocycles. The van der Waals surface area contributed by atoms with Gasteiger partial charge in [0.25, 0.3) is 0 Å². The monoisotopic (exact) mass is 306 g/mol. The first-order chi connectivity index (χ1) is 10.6. The van der Waals surface area contributed by atoms with E-state index in [2.05, 4.69) is 6.92 Å². The quantitative estimate of drug-likeness (QED) is 0.352. The summed E-state index contributed by atoms with van der Waals surface area (Å²) >= 11 is 0. The van der Waals surface area contributed by atoms with Crippen molar-refractivity contribution in [3.8, 4) is 5.75 Å². The highest BCUT2D eigenvalue weighted by molar-refractivity contribution is 5.77. The van der Waals surface area contributed by atoms with Crippen molar-refractivity contribution in [2.75, 3.05) is 0 Å². The van der Waals surface area contributed by atoms with Gasteiger partial charge in [0.2, 0.25) is 0 Å². The fourth-order valence-corrected chi connectivity index (χ4v) is 1.80. The van der Waals surface area contributed by atoms with Crippen LogP contribution < -0.4 is 4.74 Å². The smallest absolute Gasteiger partial charge is 0.311 e. The molecule has 0 aliphatic heterocycles. The van der Waals surface area contributed by atoms with Crippen LogP contribution in [0, 0.1) is 0 Å². The number of ether oxygens (including phenoxy) is 1. The topological polar surface area (TPSA) is 43.4 Å². The molecule has 0 aromatic heterocycles. The molecule has 0 unspecified atom stereocenters. The number of benzene rings is 1. The molecule has 0 spiro atoms. The van der Waals surface area contributed by atoms with E-state index in [0.717, 1.165) is 19.3 Å². The Balaban J connectivity index is 0.000000409. The summed E-state index contributed by atoms with van der Waals surface area (Å²) in [5, 5.41) is 0. The highest BCUT2D eigenvalue weighted by Gasteiger charge is 2.00. The molecule has 1 aromatic rings. The highest BCUT2D eigenvalue weighted by atomic mass is 16.5. The zero-order chi connectivity index (χ0) is 16.6. The number of unbranched alkanes of at least 4 members (excludes halogenated alkanes) is 3. The Bertz CT molecular complexity index is 398. The molecule has 124 valence electrons. The molecular formula is C19H30O3. The van der Waals surface area contributed by atoms with E-state index in [4.69, 9.17) is 4.74 Å². The van der Waals surface area contributed by atoms with Crippen LogP contribution in [0.15, 0.2) is 30.3 Å². The van der Waals surface area contributed by atoms with Gasteiger partial charge in [-0.2, -0.15) is 0 Å². The molecule has 1 rings (SSSR count). The summed E-state index contributed by atoms with van der Waals surface area (Å²) in [6.07, 6.45) is 7.67. The number of carbonyl (C=O) groups is 2. The SMILES string of the molecule is CCCC(=O)Oc1ccccc1.CCCCCCC(=O)CC. The van der Waals surface area contributed by atoms with E-state index >= 15 is 0 Å². The van der Waals surface area contributed by atoms with Crippen molar-refractivity contribution in [1.82, 2.24) is 0 Å². The fourth-order valence-electron chi connectivity index (χ4n) is 1.80. The molecule has 0 atom stereocenters. The number of ketones is 1. The molecule has 0 aliphatic rings. The van der Waals surface area contributed by atoms with Crippen LogP contribution >= 0.6 is 0 Å². The molecule has 22 heavy (non-hydrogen) atoms. The van der Waals surface area contributed by atoms with Crippen molar-refractivity contribution >= 4 is 11.8 Å². The lowest BCUT2D eigenvalue weighted by Crippen LogP contribution is -2.06. The molecule has 1 aromatic carbocycles. The van der Waals surface area contributed by atoms with E-state index in [1.54, 1.807) is 12.1 Å². The standard InChI is InChI=1S/C10H12O2.C9H18O/c1-2-6-10(11)12-9-7-4-3-5-8-9;1-3-5-6-7-8-9(10)4-2/h3-5,7-8H,2,6H2,1H3;3-8H2,1-2H3. The molecule has 0 N–H and O–H groups in total. The third-order valence-electron chi connectivity index (χ3n) is 3.13. The van der Waals surface area contributed by atoms with Crippen molar-refractivity contribution in [1.29, 1.82) is 0 Å². The van der Waals surface area contributed by atoms with E-state index in [9.17, 15) is 9.59 Å². The van der Waals surface area contributed by atoms with E-state index in [1.807, 2.05) is 32.0 Å². The van der Waals surface area contributed by atoms with Gasteiger partial charge in [-0.15, -0.1) is 0 Å². The Hall–Kier alpha value is -1.64. The molecule has 0 saturated carbocycles. The zero-order valence-electron chi connectivity index (χ0n) is 14.3. The number of Topliss-reactive ketones (excluding diaryl/α,β-unsaturated/α-hetero) is 1. The minimum Gasteiger partial charge on any atom is -0.427 e. The van der Waals surface area contributed by atoms with Crippen molar-refractivity contribution in [3.63, 3.8) is 0 Å². The average molecular weight is 306 g/mol. The Morgan fingerprint density at radius 3 is 2.09 bits per heavy atom. The first-order valence-electron chi connectivity index (χ1n) is 8.41. The Labute approximate surface area is 135 Å². The lowest BCUT2D eigenvalue weighted by atomic mass is 10.1. The van der Waals surface area contributed by atoms with E-state index in [-0.39, 0.29) is 5.97 Å². The van der Waals surface area contributed by atoms with Gasteiger partial charge in [-0.25, -0.2) is 0 Å². The minimum absolute atomic E-state index is 0.163. The van der Waals surface area contributed by atoms with E-state index in [1.165, 1.54) is 19.3 Å². The summed E-state index contributed by atoms with van der Waals surface area (Å²) in [6.45, 7) is 6.07. The summed E-state index contributed by atoms with van der Waals surface area (Å²) in [5.41, 5.74) is 0. The summed E-state index contributed by atoms with van der Waals surface area (Å²) in [7, 11) is 0. The zero-order valence-corrected chi connectivity index (χ0v) is 14.3. The van der Waals surface area contributed by atoms with Crippen LogP contribution in [0.25, 0.3) is 0 Å². The van der Waals surface area contributed by atoms with Gasteiger partial charge >= 0.3 is 5.97 Å². The maximum absolute atomic E-state index is 11.0. The summed E-state index contributed by atoms with van der Waals surface area (Å²) in [4.78, 5) is 21.8. The number of carbonyl (C=O) groups excluding carboxylic acids is 2. The Morgan fingerprint density at radius 2 is 1.55 bits per heavy atom. The van der Waals surface area contributed by atoms with Crippen LogP contribution in [0.4, 0.5) is 0 Å². The first kappa shape index (κ1) is 20.4. The van der Waals surface area contributed by atoms with Crippen LogP contribution in [0.2, 0.25) is 0 Å². The molecule has 3 nitrogen and oxygen atoms in total. The van der Waals surface area contributed by atoms with Gasteiger partial charge in [-0.3, -0.25) is 9.59 Å².